The number of likely N-dealkylation sites (tertiary alicyclic amines) is 1. The van der Waals surface area contributed by atoms with Gasteiger partial charge in [0.25, 0.3) is 0 Å². The molecule has 4 atom stereocenters. The Morgan fingerprint density at radius 2 is 1.16 bits per heavy atom. The zero-order valence-electron chi connectivity index (χ0n) is 19.0. The first kappa shape index (κ1) is 60.9. The highest BCUT2D eigenvalue weighted by molar-refractivity contribution is 6.06. The van der Waals surface area contributed by atoms with E-state index in [1.807, 2.05) is 6.92 Å². The summed E-state index contributed by atoms with van der Waals surface area (Å²) in [7, 11) is 1.45. The van der Waals surface area contributed by atoms with Crippen LogP contribution >= 0.6 is 0 Å². The minimum Gasteiger partial charge on any atom is -0.481 e. The molecule has 0 aliphatic carbocycles. The molecule has 1 heterocycles. The first-order valence-electron chi connectivity index (χ1n) is 11.4. The van der Waals surface area contributed by atoms with E-state index in [0.29, 0.717) is 13.0 Å². The Morgan fingerprint density at radius 1 is 0.763 bits per heavy atom. The van der Waals surface area contributed by atoms with Crippen LogP contribution in [0.15, 0.2) is 0 Å². The molecule has 1 aliphatic heterocycles. The van der Waals surface area contributed by atoms with Crippen molar-refractivity contribution >= 4 is 17.8 Å². The van der Waals surface area contributed by atoms with Crippen molar-refractivity contribution in [3.05, 3.63) is 0 Å². The van der Waals surface area contributed by atoms with E-state index in [-0.39, 0.29) is 78.7 Å². The third kappa shape index (κ3) is 17.2. The lowest BCUT2D eigenvalue weighted by Gasteiger charge is -2.29. The maximum atomic E-state index is 12.8. The van der Waals surface area contributed by atoms with Crippen molar-refractivity contribution in [2.75, 3.05) is 13.7 Å². The fraction of sp³-hybridized carbons (Fsp3) is 0.906. The van der Waals surface area contributed by atoms with E-state index in [1.165, 1.54) is 45.6 Å². The Kier molecular flexibility index (Phi) is 50.9. The number of carboxylic acids is 1. The molecular weight excluding hydrogens is 478 g/mol. The number of hydrogen-bond acceptors (Lipinski definition) is 4. The SMILES string of the molecule is C.C.C.C.C.C.C.C.C.CCCCCCCCCCOC(CC)C1C(=O)N(C)C(=O)C1C(C(=O)O)C(C)C. The number of hydrogen-bond donors (Lipinski definition) is 1. The van der Waals surface area contributed by atoms with Gasteiger partial charge in [0.1, 0.15) is 0 Å². The maximum Gasteiger partial charge on any atom is 0.307 e. The molecule has 0 bridgehead atoms. The first-order chi connectivity index (χ1) is 13.8. The van der Waals surface area contributed by atoms with Gasteiger partial charge in [-0.05, 0) is 18.8 Å². The molecule has 2 amide bonds. The summed E-state index contributed by atoms with van der Waals surface area (Å²) in [6.07, 6.45) is 9.74. The largest absolute Gasteiger partial charge is 0.481 e. The summed E-state index contributed by atoms with van der Waals surface area (Å²) in [6.45, 7) is 8.26. The average Bonchev–Trinajstić information content (AvgIpc) is 2.88. The van der Waals surface area contributed by atoms with Gasteiger partial charge in [-0.2, -0.15) is 0 Å². The minimum absolute atomic E-state index is 0. The lowest BCUT2D eigenvalue weighted by molar-refractivity contribution is -0.151. The Balaban J connectivity index is -0.000000133. The van der Waals surface area contributed by atoms with Gasteiger partial charge in [0, 0.05) is 13.7 Å². The van der Waals surface area contributed by atoms with Gasteiger partial charge in [-0.25, -0.2) is 0 Å². The summed E-state index contributed by atoms with van der Waals surface area (Å²) in [4.78, 5) is 38.4. The number of nitrogens with zero attached hydrogens (tertiary/aromatic N) is 1. The molecule has 1 rings (SSSR count). The van der Waals surface area contributed by atoms with E-state index in [1.54, 1.807) is 13.8 Å². The van der Waals surface area contributed by atoms with E-state index in [2.05, 4.69) is 6.92 Å². The fourth-order valence-corrected chi connectivity index (χ4v) is 4.43. The van der Waals surface area contributed by atoms with Crippen molar-refractivity contribution in [3.63, 3.8) is 0 Å². The molecule has 1 fully saturated rings. The van der Waals surface area contributed by atoms with E-state index >= 15 is 0 Å². The molecule has 1 saturated heterocycles. The zero-order chi connectivity index (χ0) is 22.0. The third-order valence-corrected chi connectivity index (χ3v) is 6.14. The fourth-order valence-electron chi connectivity index (χ4n) is 4.43. The lowest BCUT2D eigenvalue weighted by atomic mass is 9.74. The van der Waals surface area contributed by atoms with Crippen molar-refractivity contribution in [3.8, 4) is 0 Å². The quantitative estimate of drug-likeness (QED) is 0.160. The molecule has 1 N–H and O–H groups in total. The van der Waals surface area contributed by atoms with E-state index < -0.39 is 35.7 Å². The summed E-state index contributed by atoms with van der Waals surface area (Å²) in [6, 6.07) is 0. The number of carbonyl (C=O) groups is 3. The van der Waals surface area contributed by atoms with Gasteiger partial charge < -0.3 is 9.84 Å². The Hall–Kier alpha value is -1.43. The molecule has 0 aromatic carbocycles. The highest BCUT2D eigenvalue weighted by Crippen LogP contribution is 2.39. The molecule has 0 radical (unpaired) electrons. The average molecular weight is 556 g/mol. The standard InChI is InChI=1S/C23H41NO5.9CH4/c1-6-8-9-10-11-12-13-14-15-29-17(7-2)19-20(18(16(3)4)23(27)28)22(26)24(5)21(19)25;;;;;;;;;/h16-20H,6-15H2,1-5H3,(H,27,28);9*1H4. The molecule has 0 saturated carbocycles. The molecule has 0 aromatic rings. The van der Waals surface area contributed by atoms with Crippen molar-refractivity contribution in [1.29, 1.82) is 0 Å². The zero-order valence-corrected chi connectivity index (χ0v) is 19.0. The minimum atomic E-state index is -1.02. The van der Waals surface area contributed by atoms with Crippen LogP contribution in [0.4, 0.5) is 0 Å². The predicted octanol–water partition coefficient (Wildman–Crippen LogP) is 10.2. The topological polar surface area (TPSA) is 83.9 Å². The van der Waals surface area contributed by atoms with E-state index in [0.717, 1.165) is 17.7 Å². The van der Waals surface area contributed by atoms with Gasteiger partial charge in [-0.1, -0.05) is 139 Å². The molecule has 0 aromatic heterocycles. The number of aliphatic carboxylic acids is 1. The molecular formula is C32H77NO5. The van der Waals surface area contributed by atoms with Crippen molar-refractivity contribution in [1.82, 2.24) is 4.90 Å². The number of rotatable bonds is 15. The lowest BCUT2D eigenvalue weighted by Crippen LogP contribution is -2.41. The summed E-state index contributed by atoms with van der Waals surface area (Å²) >= 11 is 0. The van der Waals surface area contributed by atoms with Crippen LogP contribution in [0.3, 0.4) is 0 Å². The van der Waals surface area contributed by atoms with Crippen LogP contribution in [-0.2, 0) is 19.1 Å². The van der Waals surface area contributed by atoms with Gasteiger partial charge in [0.15, 0.2) is 0 Å². The van der Waals surface area contributed by atoms with Crippen LogP contribution in [0.1, 0.15) is 152 Å². The van der Waals surface area contributed by atoms with Crippen molar-refractivity contribution in [2.45, 2.75) is 158 Å². The maximum absolute atomic E-state index is 12.8. The molecule has 4 unspecified atom stereocenters. The smallest absolute Gasteiger partial charge is 0.307 e. The summed E-state index contributed by atoms with van der Waals surface area (Å²) < 4.78 is 6.03. The molecule has 240 valence electrons. The number of imide groups is 1. The predicted molar refractivity (Wildman–Crippen MR) is 174 cm³/mol. The molecule has 6 nitrogen and oxygen atoms in total. The highest BCUT2D eigenvalue weighted by atomic mass is 16.5. The van der Waals surface area contributed by atoms with Gasteiger partial charge in [-0.3, -0.25) is 19.3 Å². The van der Waals surface area contributed by atoms with Gasteiger partial charge in [-0.15, -0.1) is 0 Å². The van der Waals surface area contributed by atoms with Crippen LogP contribution in [-0.4, -0.2) is 47.5 Å². The number of amides is 2. The monoisotopic (exact) mass is 556 g/mol. The molecule has 0 spiro atoms. The molecule has 38 heavy (non-hydrogen) atoms. The number of carboxylic acid groups (broad SMARTS) is 1. The van der Waals surface area contributed by atoms with Crippen LogP contribution in [0.5, 0.6) is 0 Å². The second-order valence-electron chi connectivity index (χ2n) is 8.69. The van der Waals surface area contributed by atoms with Crippen LogP contribution in [0, 0.1) is 23.7 Å². The Labute approximate surface area is 242 Å². The van der Waals surface area contributed by atoms with E-state index in [4.69, 9.17) is 4.74 Å². The van der Waals surface area contributed by atoms with Gasteiger partial charge >= 0.3 is 5.97 Å². The summed E-state index contributed by atoms with van der Waals surface area (Å²) in [5, 5.41) is 9.69. The van der Waals surface area contributed by atoms with Crippen molar-refractivity contribution in [2.24, 2.45) is 23.7 Å². The van der Waals surface area contributed by atoms with Gasteiger partial charge in [0.2, 0.25) is 11.8 Å². The van der Waals surface area contributed by atoms with Crippen LogP contribution in [0.25, 0.3) is 0 Å². The Bertz CT molecular complexity index is 536. The van der Waals surface area contributed by atoms with Crippen LogP contribution < -0.4 is 0 Å². The molecule has 1 aliphatic rings. The summed E-state index contributed by atoms with van der Waals surface area (Å²) in [5.41, 5.74) is 0. The van der Waals surface area contributed by atoms with E-state index in [9.17, 15) is 19.5 Å². The molecule has 6 heteroatoms. The Morgan fingerprint density at radius 3 is 1.53 bits per heavy atom. The summed E-state index contributed by atoms with van der Waals surface area (Å²) in [5.74, 6) is -4.42. The second kappa shape index (κ2) is 31.8. The second-order valence-corrected chi connectivity index (χ2v) is 8.69. The van der Waals surface area contributed by atoms with Crippen LogP contribution in [0.2, 0.25) is 0 Å². The highest BCUT2D eigenvalue weighted by Gasteiger charge is 2.55. The number of ether oxygens (including phenoxy) is 1. The van der Waals surface area contributed by atoms with Gasteiger partial charge in [0.05, 0.1) is 23.9 Å². The van der Waals surface area contributed by atoms with Crippen molar-refractivity contribution < 1.29 is 24.2 Å². The number of carbonyl (C=O) groups excluding carboxylic acids is 2. The first-order valence-corrected chi connectivity index (χ1v) is 11.4. The third-order valence-electron chi connectivity index (χ3n) is 6.14. The normalized spacial score (nSPS) is 16.6. The number of unbranched alkanes of at least 4 members (excludes halogenated alkanes) is 7.